The standard InChI is InChI=1S/C23H25BrCl2N8O2/c1-31(2)23(36)33-6-3-5-32(8-9-33)22-29-19-14(10-15(25)17(24)18(19)26)20(30-22)34-7-4-13-16(11-34)27-12-28-21(13)35/h10,12H,3-9,11H2,1-2H3,(H,27,28,35). The smallest absolute Gasteiger partial charge is 0.319 e. The van der Waals surface area contributed by atoms with E-state index in [4.69, 9.17) is 33.2 Å². The molecule has 1 N–H and O–H groups in total. The quantitative estimate of drug-likeness (QED) is 0.452. The van der Waals surface area contributed by atoms with Crippen molar-refractivity contribution in [3.63, 3.8) is 0 Å². The first kappa shape index (κ1) is 25.0. The first-order valence-electron chi connectivity index (χ1n) is 11.6. The Hall–Kier alpha value is -2.63. The maximum Gasteiger partial charge on any atom is 0.319 e. The van der Waals surface area contributed by atoms with Gasteiger partial charge in [-0.05, 0) is 34.8 Å². The second kappa shape index (κ2) is 10.0. The van der Waals surface area contributed by atoms with Gasteiger partial charge in [0.2, 0.25) is 5.95 Å². The number of anilines is 2. The fraction of sp³-hybridized carbons (Fsp3) is 0.435. The van der Waals surface area contributed by atoms with Crippen molar-refractivity contribution in [2.45, 2.75) is 19.4 Å². The van der Waals surface area contributed by atoms with E-state index in [1.165, 1.54) is 6.33 Å². The average Bonchev–Trinajstić information content (AvgIpc) is 3.13. The molecule has 190 valence electrons. The summed E-state index contributed by atoms with van der Waals surface area (Å²) in [6, 6.07) is 1.81. The molecule has 2 aliphatic rings. The third-order valence-corrected chi connectivity index (χ3v) is 8.48. The molecule has 0 atom stereocenters. The molecule has 5 rings (SSSR count). The summed E-state index contributed by atoms with van der Waals surface area (Å²) in [5.41, 5.74) is 1.90. The van der Waals surface area contributed by atoms with Crippen LogP contribution in [0, 0.1) is 0 Å². The number of halogens is 3. The molecule has 0 spiro atoms. The third kappa shape index (κ3) is 4.59. The molecule has 3 aromatic rings. The Morgan fingerprint density at radius 1 is 1.11 bits per heavy atom. The van der Waals surface area contributed by atoms with Crippen molar-refractivity contribution in [3.05, 3.63) is 48.5 Å². The number of benzene rings is 1. The molecule has 2 amide bonds. The van der Waals surface area contributed by atoms with Crippen molar-refractivity contribution in [3.8, 4) is 0 Å². The van der Waals surface area contributed by atoms with Gasteiger partial charge >= 0.3 is 6.03 Å². The maximum absolute atomic E-state index is 12.5. The minimum absolute atomic E-state index is 0.00643. The molecule has 2 aliphatic heterocycles. The van der Waals surface area contributed by atoms with E-state index in [-0.39, 0.29) is 11.6 Å². The van der Waals surface area contributed by atoms with Crippen LogP contribution >= 0.6 is 39.1 Å². The number of nitrogens with one attached hydrogen (secondary N) is 1. The summed E-state index contributed by atoms with van der Waals surface area (Å²) in [5.74, 6) is 1.22. The maximum atomic E-state index is 12.5. The van der Waals surface area contributed by atoms with Crippen molar-refractivity contribution in [2.24, 2.45) is 0 Å². The molecule has 1 fully saturated rings. The summed E-state index contributed by atoms with van der Waals surface area (Å²) < 4.78 is 0.574. The van der Waals surface area contributed by atoms with E-state index in [0.717, 1.165) is 17.5 Å². The van der Waals surface area contributed by atoms with E-state index < -0.39 is 0 Å². The SMILES string of the molecule is CN(C)C(=O)N1CCCN(c2nc(N3CCc4c(nc[nH]c4=O)C3)c3cc(Cl)c(Br)c(Cl)c3n2)CC1. The lowest BCUT2D eigenvalue weighted by Gasteiger charge is -2.31. The van der Waals surface area contributed by atoms with Crippen molar-refractivity contribution in [2.75, 3.05) is 56.6 Å². The van der Waals surface area contributed by atoms with E-state index in [9.17, 15) is 9.59 Å². The van der Waals surface area contributed by atoms with Gasteiger partial charge in [0, 0.05) is 57.8 Å². The Balaban J connectivity index is 1.56. The Bertz CT molecular complexity index is 1400. The molecule has 0 aliphatic carbocycles. The van der Waals surface area contributed by atoms with Crippen LogP contribution in [-0.2, 0) is 13.0 Å². The van der Waals surface area contributed by atoms with Crippen molar-refractivity contribution in [1.29, 1.82) is 0 Å². The van der Waals surface area contributed by atoms with Gasteiger partial charge in [0.05, 0.1) is 38.6 Å². The van der Waals surface area contributed by atoms with Crippen LogP contribution in [0.25, 0.3) is 10.9 Å². The van der Waals surface area contributed by atoms with E-state index in [0.29, 0.717) is 83.1 Å². The third-order valence-electron chi connectivity index (χ3n) is 6.54. The minimum atomic E-state index is -0.107. The second-order valence-corrected chi connectivity index (χ2v) is 10.6. The molecule has 0 unspecified atom stereocenters. The summed E-state index contributed by atoms with van der Waals surface area (Å²) in [6.07, 6.45) is 2.76. The molecule has 0 saturated carbocycles. The number of rotatable bonds is 2. The van der Waals surface area contributed by atoms with Crippen LogP contribution in [0.4, 0.5) is 16.6 Å². The second-order valence-electron chi connectivity index (χ2n) is 9.06. The number of aromatic nitrogens is 4. The predicted molar refractivity (Wildman–Crippen MR) is 144 cm³/mol. The van der Waals surface area contributed by atoms with Crippen LogP contribution in [0.2, 0.25) is 10.0 Å². The van der Waals surface area contributed by atoms with Crippen molar-refractivity contribution < 1.29 is 4.79 Å². The van der Waals surface area contributed by atoms with Crippen LogP contribution in [0.15, 0.2) is 21.7 Å². The van der Waals surface area contributed by atoms with E-state index in [1.807, 2.05) is 11.0 Å². The fourth-order valence-corrected chi connectivity index (χ4v) is 5.47. The molecule has 13 heteroatoms. The Morgan fingerprint density at radius 2 is 1.92 bits per heavy atom. The molecule has 10 nitrogen and oxygen atoms in total. The number of carbonyl (C=O) groups is 1. The normalized spacial score (nSPS) is 16.2. The number of aromatic amines is 1. The number of carbonyl (C=O) groups excluding carboxylic acids is 1. The van der Waals surface area contributed by atoms with E-state index >= 15 is 0 Å². The van der Waals surface area contributed by atoms with Crippen LogP contribution in [0.3, 0.4) is 0 Å². The number of urea groups is 1. The van der Waals surface area contributed by atoms with Crippen molar-refractivity contribution >= 4 is 67.8 Å². The number of fused-ring (bicyclic) bond motifs is 2. The number of amides is 2. The van der Waals surface area contributed by atoms with Gasteiger partial charge in [-0.1, -0.05) is 23.2 Å². The highest BCUT2D eigenvalue weighted by molar-refractivity contribution is 9.10. The van der Waals surface area contributed by atoms with Gasteiger partial charge in [0.25, 0.3) is 5.56 Å². The molecule has 1 aromatic carbocycles. The zero-order valence-electron chi connectivity index (χ0n) is 19.9. The summed E-state index contributed by atoms with van der Waals surface area (Å²) >= 11 is 16.7. The molecule has 1 saturated heterocycles. The lowest BCUT2D eigenvalue weighted by atomic mass is 10.1. The van der Waals surface area contributed by atoms with E-state index in [2.05, 4.69) is 35.7 Å². The summed E-state index contributed by atoms with van der Waals surface area (Å²) in [5, 5.41) is 1.60. The molecule has 2 aromatic heterocycles. The largest absolute Gasteiger partial charge is 0.350 e. The zero-order chi connectivity index (χ0) is 25.6. The first-order chi connectivity index (χ1) is 17.2. The highest BCUT2D eigenvalue weighted by atomic mass is 79.9. The highest BCUT2D eigenvalue weighted by Gasteiger charge is 2.27. The summed E-state index contributed by atoms with van der Waals surface area (Å²) in [4.78, 5) is 49.2. The van der Waals surface area contributed by atoms with Gasteiger partial charge in [-0.3, -0.25) is 4.79 Å². The number of nitrogens with zero attached hydrogens (tertiary/aromatic N) is 7. The molecule has 0 bridgehead atoms. The molecular formula is C23H25BrCl2N8O2. The van der Waals surface area contributed by atoms with Gasteiger partial charge in [0.15, 0.2) is 0 Å². The molecule has 0 radical (unpaired) electrons. The van der Waals surface area contributed by atoms with Crippen molar-refractivity contribution in [1.82, 2.24) is 29.7 Å². The van der Waals surface area contributed by atoms with Crippen LogP contribution in [0.1, 0.15) is 17.7 Å². The lowest BCUT2D eigenvalue weighted by Crippen LogP contribution is -2.41. The van der Waals surface area contributed by atoms with Crippen LogP contribution in [-0.4, -0.2) is 82.6 Å². The van der Waals surface area contributed by atoms with Gasteiger partial charge in [0.1, 0.15) is 5.82 Å². The number of H-pyrrole nitrogens is 1. The number of hydrogen-bond acceptors (Lipinski definition) is 7. The van der Waals surface area contributed by atoms with Gasteiger partial charge in [-0.25, -0.2) is 14.8 Å². The Kier molecular flexibility index (Phi) is 6.97. The topological polar surface area (TPSA) is 102 Å². The highest BCUT2D eigenvalue weighted by Crippen LogP contribution is 2.40. The molecular weight excluding hydrogens is 571 g/mol. The number of hydrogen-bond donors (Lipinski definition) is 1. The van der Waals surface area contributed by atoms with Gasteiger partial charge in [-0.15, -0.1) is 0 Å². The first-order valence-corrected chi connectivity index (χ1v) is 13.2. The molecule has 36 heavy (non-hydrogen) atoms. The average molecular weight is 596 g/mol. The Morgan fingerprint density at radius 3 is 2.69 bits per heavy atom. The Labute approximate surface area is 226 Å². The van der Waals surface area contributed by atoms with Crippen LogP contribution < -0.4 is 15.4 Å². The zero-order valence-corrected chi connectivity index (χ0v) is 23.0. The van der Waals surface area contributed by atoms with E-state index in [1.54, 1.807) is 19.0 Å². The minimum Gasteiger partial charge on any atom is -0.350 e. The predicted octanol–water partition coefficient (Wildman–Crippen LogP) is 3.54. The lowest BCUT2D eigenvalue weighted by molar-refractivity contribution is 0.174. The summed E-state index contributed by atoms with van der Waals surface area (Å²) in [6.45, 7) is 3.55. The molecule has 4 heterocycles. The van der Waals surface area contributed by atoms with Crippen LogP contribution in [0.5, 0.6) is 0 Å². The summed E-state index contributed by atoms with van der Waals surface area (Å²) in [7, 11) is 3.52. The van der Waals surface area contributed by atoms with Gasteiger partial charge in [-0.2, -0.15) is 4.98 Å². The monoisotopic (exact) mass is 594 g/mol. The van der Waals surface area contributed by atoms with Gasteiger partial charge < -0.3 is 24.6 Å². The fourth-order valence-electron chi connectivity index (χ4n) is 4.67.